The first-order chi connectivity index (χ1) is 14.8. The quantitative estimate of drug-likeness (QED) is 0.495. The summed E-state index contributed by atoms with van der Waals surface area (Å²) < 4.78 is 6.00. The number of anilines is 2. The lowest BCUT2D eigenvalue weighted by Crippen LogP contribution is -2.40. The molecule has 5 nitrogen and oxygen atoms in total. The molecule has 162 valence electrons. The summed E-state index contributed by atoms with van der Waals surface area (Å²) in [6.07, 6.45) is 0.991. The van der Waals surface area contributed by atoms with Crippen LogP contribution in [-0.2, 0) is 11.3 Å². The highest BCUT2D eigenvalue weighted by Crippen LogP contribution is 2.27. The molecule has 2 aromatic carbocycles. The summed E-state index contributed by atoms with van der Waals surface area (Å²) >= 11 is 6.26. The Balaban J connectivity index is 1.84. The van der Waals surface area contributed by atoms with Gasteiger partial charge in [-0.25, -0.2) is 4.98 Å². The molecule has 1 unspecified atom stereocenters. The van der Waals surface area contributed by atoms with Crippen molar-refractivity contribution in [2.45, 2.75) is 33.4 Å². The highest BCUT2D eigenvalue weighted by molar-refractivity contribution is 6.32. The minimum atomic E-state index is -0.692. The zero-order valence-electron chi connectivity index (χ0n) is 18.6. The van der Waals surface area contributed by atoms with E-state index >= 15 is 0 Å². The van der Waals surface area contributed by atoms with E-state index in [0.717, 1.165) is 22.4 Å². The Kier molecular flexibility index (Phi) is 7.18. The van der Waals surface area contributed by atoms with E-state index in [9.17, 15) is 4.79 Å². The standard InChI is InChI=1S/C25H28ClN3O2/c1-17-14-22(15-18(2)24(17)26)31-19(3)25(30)29(23-8-6-7-13-27-23)16-20-9-11-21(12-10-20)28(4)5/h6-15,19H,16H2,1-5H3. The van der Waals surface area contributed by atoms with Gasteiger partial charge in [0.25, 0.3) is 5.91 Å². The maximum absolute atomic E-state index is 13.4. The van der Waals surface area contributed by atoms with Gasteiger partial charge >= 0.3 is 0 Å². The zero-order valence-corrected chi connectivity index (χ0v) is 19.3. The second-order valence-electron chi connectivity index (χ2n) is 7.80. The minimum Gasteiger partial charge on any atom is -0.481 e. The molecule has 0 spiro atoms. The van der Waals surface area contributed by atoms with Gasteiger partial charge in [-0.3, -0.25) is 9.69 Å². The Morgan fingerprint density at radius 3 is 2.26 bits per heavy atom. The predicted octanol–water partition coefficient (Wildman–Crippen LogP) is 5.42. The summed E-state index contributed by atoms with van der Waals surface area (Å²) in [4.78, 5) is 21.5. The van der Waals surface area contributed by atoms with Crippen LogP contribution in [0.1, 0.15) is 23.6 Å². The summed E-state index contributed by atoms with van der Waals surface area (Å²) in [7, 11) is 4.00. The van der Waals surface area contributed by atoms with Crippen LogP contribution in [0, 0.1) is 13.8 Å². The van der Waals surface area contributed by atoms with Gasteiger partial charge < -0.3 is 9.64 Å². The highest BCUT2D eigenvalue weighted by atomic mass is 35.5. The maximum Gasteiger partial charge on any atom is 0.269 e. The molecule has 0 radical (unpaired) electrons. The van der Waals surface area contributed by atoms with Gasteiger partial charge in [0.05, 0.1) is 6.54 Å². The van der Waals surface area contributed by atoms with Gasteiger partial charge in [0.2, 0.25) is 0 Å². The molecule has 0 saturated heterocycles. The van der Waals surface area contributed by atoms with Gasteiger partial charge in [-0.1, -0.05) is 29.8 Å². The molecule has 0 fully saturated rings. The van der Waals surface area contributed by atoms with E-state index in [-0.39, 0.29) is 5.91 Å². The molecule has 0 aliphatic carbocycles. The van der Waals surface area contributed by atoms with Crippen LogP contribution in [0.15, 0.2) is 60.8 Å². The van der Waals surface area contributed by atoms with Gasteiger partial charge in [0.1, 0.15) is 11.6 Å². The van der Waals surface area contributed by atoms with E-state index in [0.29, 0.717) is 23.1 Å². The number of ether oxygens (including phenoxy) is 1. The van der Waals surface area contributed by atoms with Crippen molar-refractivity contribution in [3.63, 3.8) is 0 Å². The third kappa shape index (κ3) is 5.56. The lowest BCUT2D eigenvalue weighted by Gasteiger charge is -2.26. The van der Waals surface area contributed by atoms with Crippen LogP contribution >= 0.6 is 11.6 Å². The van der Waals surface area contributed by atoms with E-state index < -0.39 is 6.10 Å². The second-order valence-corrected chi connectivity index (χ2v) is 8.18. The van der Waals surface area contributed by atoms with E-state index in [4.69, 9.17) is 16.3 Å². The number of pyridine rings is 1. The lowest BCUT2D eigenvalue weighted by atomic mass is 10.1. The largest absolute Gasteiger partial charge is 0.481 e. The number of carbonyl (C=O) groups is 1. The number of aromatic nitrogens is 1. The number of aryl methyl sites for hydroxylation is 2. The van der Waals surface area contributed by atoms with Gasteiger partial charge in [-0.15, -0.1) is 0 Å². The van der Waals surface area contributed by atoms with E-state index in [2.05, 4.69) is 4.98 Å². The molecule has 3 rings (SSSR count). The Labute approximate surface area is 189 Å². The summed E-state index contributed by atoms with van der Waals surface area (Å²) in [6.45, 7) is 6.00. The summed E-state index contributed by atoms with van der Waals surface area (Å²) in [5.41, 5.74) is 3.94. The molecule has 31 heavy (non-hydrogen) atoms. The van der Waals surface area contributed by atoms with Crippen molar-refractivity contribution >= 4 is 29.0 Å². The fraction of sp³-hybridized carbons (Fsp3) is 0.280. The van der Waals surface area contributed by atoms with Gasteiger partial charge in [-0.05, 0) is 73.9 Å². The molecule has 1 heterocycles. The molecule has 0 aliphatic rings. The van der Waals surface area contributed by atoms with Crippen molar-refractivity contribution in [2.75, 3.05) is 23.9 Å². The monoisotopic (exact) mass is 437 g/mol. The van der Waals surface area contributed by atoms with Gasteiger partial charge in [-0.2, -0.15) is 0 Å². The molecular weight excluding hydrogens is 410 g/mol. The van der Waals surface area contributed by atoms with Crippen LogP contribution < -0.4 is 14.5 Å². The summed E-state index contributed by atoms with van der Waals surface area (Å²) in [5, 5.41) is 0.711. The minimum absolute atomic E-state index is 0.166. The van der Waals surface area contributed by atoms with Crippen LogP contribution in [0.4, 0.5) is 11.5 Å². The number of hydrogen-bond acceptors (Lipinski definition) is 4. The Hall–Kier alpha value is -3.05. The number of benzene rings is 2. The summed E-state index contributed by atoms with van der Waals surface area (Å²) in [5.74, 6) is 1.04. The molecule has 0 saturated carbocycles. The van der Waals surface area contributed by atoms with Gasteiger partial charge in [0.15, 0.2) is 6.10 Å². The van der Waals surface area contributed by atoms with Crippen molar-refractivity contribution in [2.24, 2.45) is 0 Å². The van der Waals surface area contributed by atoms with Crippen LogP contribution in [-0.4, -0.2) is 31.1 Å². The van der Waals surface area contributed by atoms with Crippen molar-refractivity contribution in [3.8, 4) is 5.75 Å². The Bertz CT molecular complexity index is 1010. The fourth-order valence-electron chi connectivity index (χ4n) is 3.32. The maximum atomic E-state index is 13.4. The number of nitrogens with zero attached hydrogens (tertiary/aromatic N) is 3. The van der Waals surface area contributed by atoms with Crippen molar-refractivity contribution in [1.29, 1.82) is 0 Å². The molecule has 3 aromatic rings. The van der Waals surface area contributed by atoms with Crippen molar-refractivity contribution < 1.29 is 9.53 Å². The molecular formula is C25H28ClN3O2. The fourth-order valence-corrected chi connectivity index (χ4v) is 3.42. The molecule has 1 atom stereocenters. The zero-order chi connectivity index (χ0) is 22.5. The van der Waals surface area contributed by atoms with Crippen molar-refractivity contribution in [1.82, 2.24) is 4.98 Å². The molecule has 0 N–H and O–H groups in total. The first-order valence-electron chi connectivity index (χ1n) is 10.2. The van der Waals surface area contributed by atoms with Crippen LogP contribution in [0.2, 0.25) is 5.02 Å². The lowest BCUT2D eigenvalue weighted by molar-refractivity contribution is -0.124. The smallest absolute Gasteiger partial charge is 0.269 e. The van der Waals surface area contributed by atoms with E-state index in [1.165, 1.54) is 0 Å². The normalized spacial score (nSPS) is 11.7. The first-order valence-corrected chi connectivity index (χ1v) is 10.6. The predicted molar refractivity (Wildman–Crippen MR) is 127 cm³/mol. The third-order valence-corrected chi connectivity index (χ3v) is 5.65. The molecule has 1 amide bonds. The molecule has 0 bridgehead atoms. The van der Waals surface area contributed by atoms with E-state index in [1.807, 2.05) is 87.4 Å². The van der Waals surface area contributed by atoms with Crippen LogP contribution in [0.5, 0.6) is 5.75 Å². The number of carbonyl (C=O) groups excluding carboxylic acids is 1. The Morgan fingerprint density at radius 2 is 1.71 bits per heavy atom. The molecule has 1 aromatic heterocycles. The average molecular weight is 438 g/mol. The first kappa shape index (κ1) is 22.6. The molecule has 6 heteroatoms. The number of halogens is 1. The van der Waals surface area contributed by atoms with Gasteiger partial charge in [0, 0.05) is 31.0 Å². The topological polar surface area (TPSA) is 45.7 Å². The summed E-state index contributed by atoms with van der Waals surface area (Å²) in [6, 6.07) is 17.4. The number of hydrogen-bond donors (Lipinski definition) is 0. The number of rotatable bonds is 7. The third-order valence-electron chi connectivity index (χ3n) is 5.06. The highest BCUT2D eigenvalue weighted by Gasteiger charge is 2.25. The van der Waals surface area contributed by atoms with Crippen molar-refractivity contribution in [3.05, 3.63) is 82.5 Å². The SMILES string of the molecule is Cc1cc(OC(C)C(=O)N(Cc2ccc(N(C)C)cc2)c2ccccn2)cc(C)c1Cl. The van der Waals surface area contributed by atoms with Crippen LogP contribution in [0.3, 0.4) is 0 Å². The molecule has 0 aliphatic heterocycles. The second kappa shape index (κ2) is 9.84. The average Bonchev–Trinajstić information content (AvgIpc) is 2.76. The number of amides is 1. The Morgan fingerprint density at radius 1 is 1.06 bits per heavy atom. The van der Waals surface area contributed by atoms with E-state index in [1.54, 1.807) is 18.0 Å². The van der Waals surface area contributed by atoms with Crippen LogP contribution in [0.25, 0.3) is 0 Å².